The number of rotatable bonds is 4. The number of hydrogen-bond acceptors (Lipinski definition) is 3. The van der Waals surface area contributed by atoms with Crippen molar-refractivity contribution in [3.05, 3.63) is 0 Å². The van der Waals surface area contributed by atoms with Gasteiger partial charge in [0, 0.05) is 25.6 Å². The van der Waals surface area contributed by atoms with Gasteiger partial charge in [-0.15, -0.1) is 0 Å². The number of nitrogens with one attached hydrogen (secondary N) is 2. The molecule has 16 heavy (non-hydrogen) atoms. The summed E-state index contributed by atoms with van der Waals surface area (Å²) < 4.78 is 0. The smallest absolute Gasteiger partial charge is 0.239 e. The van der Waals surface area contributed by atoms with E-state index in [1.807, 2.05) is 0 Å². The third-order valence-electron chi connectivity index (χ3n) is 3.21. The highest BCUT2D eigenvalue weighted by molar-refractivity contribution is 5.85. The fraction of sp³-hybridized carbons (Fsp3) is 0.818. The Balaban J connectivity index is 1.65. The molecule has 0 spiro atoms. The molecular weight excluding hydrogens is 206 g/mol. The van der Waals surface area contributed by atoms with Crippen molar-refractivity contribution >= 4 is 11.8 Å². The van der Waals surface area contributed by atoms with Crippen LogP contribution in [-0.4, -0.2) is 48.9 Å². The van der Waals surface area contributed by atoms with Crippen LogP contribution in [0.15, 0.2) is 0 Å². The van der Waals surface area contributed by atoms with E-state index in [2.05, 4.69) is 10.6 Å². The average Bonchev–Trinajstić information content (AvgIpc) is 2.88. The lowest BCUT2D eigenvalue weighted by Crippen LogP contribution is -2.42. The molecule has 2 aliphatic rings. The lowest BCUT2D eigenvalue weighted by Gasteiger charge is -2.16. The molecule has 0 aromatic carbocycles. The van der Waals surface area contributed by atoms with Gasteiger partial charge in [-0.3, -0.25) is 9.59 Å². The fourth-order valence-electron chi connectivity index (χ4n) is 2.27. The first-order valence-corrected chi connectivity index (χ1v) is 6.03. The van der Waals surface area contributed by atoms with E-state index in [4.69, 9.17) is 0 Å². The van der Waals surface area contributed by atoms with Crippen LogP contribution in [0.2, 0.25) is 0 Å². The summed E-state index contributed by atoms with van der Waals surface area (Å²) in [5.74, 6) is 0.0677. The summed E-state index contributed by atoms with van der Waals surface area (Å²) in [4.78, 5) is 24.5. The SMILES string of the molecule is O=C(CN1CCCC1=O)NCC1CCCN1. The third kappa shape index (κ3) is 2.95. The van der Waals surface area contributed by atoms with Crippen LogP contribution in [0.4, 0.5) is 0 Å². The van der Waals surface area contributed by atoms with E-state index in [-0.39, 0.29) is 18.4 Å². The molecule has 1 unspecified atom stereocenters. The van der Waals surface area contributed by atoms with Gasteiger partial charge in [0.25, 0.3) is 0 Å². The molecule has 5 nitrogen and oxygen atoms in total. The van der Waals surface area contributed by atoms with Crippen LogP contribution < -0.4 is 10.6 Å². The van der Waals surface area contributed by atoms with Gasteiger partial charge in [-0.05, 0) is 25.8 Å². The van der Waals surface area contributed by atoms with Gasteiger partial charge in [-0.25, -0.2) is 0 Å². The van der Waals surface area contributed by atoms with E-state index in [1.165, 1.54) is 6.42 Å². The van der Waals surface area contributed by atoms with E-state index in [0.29, 0.717) is 19.0 Å². The zero-order valence-electron chi connectivity index (χ0n) is 9.50. The second-order valence-electron chi connectivity index (χ2n) is 4.52. The molecule has 2 N–H and O–H groups in total. The molecule has 0 aromatic rings. The maximum Gasteiger partial charge on any atom is 0.239 e. The van der Waals surface area contributed by atoms with Crippen LogP contribution in [0.3, 0.4) is 0 Å². The van der Waals surface area contributed by atoms with Gasteiger partial charge in [0.15, 0.2) is 0 Å². The Morgan fingerprint density at radius 3 is 3.00 bits per heavy atom. The first kappa shape index (κ1) is 11.4. The Morgan fingerprint density at radius 2 is 2.38 bits per heavy atom. The van der Waals surface area contributed by atoms with Gasteiger partial charge >= 0.3 is 0 Å². The molecule has 2 aliphatic heterocycles. The van der Waals surface area contributed by atoms with E-state index >= 15 is 0 Å². The molecule has 0 aliphatic carbocycles. The lowest BCUT2D eigenvalue weighted by molar-refractivity contribution is -0.133. The zero-order chi connectivity index (χ0) is 11.4. The van der Waals surface area contributed by atoms with E-state index in [1.54, 1.807) is 4.90 Å². The lowest BCUT2D eigenvalue weighted by atomic mass is 10.2. The van der Waals surface area contributed by atoms with Crippen LogP contribution in [0.1, 0.15) is 25.7 Å². The molecule has 1 atom stereocenters. The van der Waals surface area contributed by atoms with E-state index in [9.17, 15) is 9.59 Å². The maximum absolute atomic E-state index is 11.6. The highest BCUT2D eigenvalue weighted by Crippen LogP contribution is 2.08. The summed E-state index contributed by atoms with van der Waals surface area (Å²) in [5, 5.41) is 6.20. The summed E-state index contributed by atoms with van der Waals surface area (Å²) in [5.41, 5.74) is 0. The quantitative estimate of drug-likeness (QED) is 0.676. The topological polar surface area (TPSA) is 61.4 Å². The van der Waals surface area contributed by atoms with Crippen LogP contribution in [-0.2, 0) is 9.59 Å². The molecule has 2 saturated heterocycles. The van der Waals surface area contributed by atoms with Crippen LogP contribution in [0.5, 0.6) is 0 Å². The molecule has 5 heteroatoms. The van der Waals surface area contributed by atoms with Crippen molar-refractivity contribution in [1.29, 1.82) is 0 Å². The summed E-state index contributed by atoms with van der Waals surface area (Å²) in [7, 11) is 0. The van der Waals surface area contributed by atoms with Crippen LogP contribution in [0, 0.1) is 0 Å². The second-order valence-corrected chi connectivity index (χ2v) is 4.52. The number of nitrogens with zero attached hydrogens (tertiary/aromatic N) is 1. The Kier molecular flexibility index (Phi) is 3.77. The number of hydrogen-bond donors (Lipinski definition) is 2. The van der Waals surface area contributed by atoms with Gasteiger partial charge < -0.3 is 15.5 Å². The predicted molar refractivity (Wildman–Crippen MR) is 59.8 cm³/mol. The van der Waals surface area contributed by atoms with E-state index < -0.39 is 0 Å². The summed E-state index contributed by atoms with van der Waals surface area (Å²) >= 11 is 0. The highest BCUT2D eigenvalue weighted by atomic mass is 16.2. The summed E-state index contributed by atoms with van der Waals surface area (Å²) in [6, 6.07) is 0.415. The minimum Gasteiger partial charge on any atom is -0.353 e. The average molecular weight is 225 g/mol. The minimum absolute atomic E-state index is 0.0380. The Morgan fingerprint density at radius 1 is 1.50 bits per heavy atom. The zero-order valence-corrected chi connectivity index (χ0v) is 9.50. The molecular formula is C11H19N3O2. The van der Waals surface area contributed by atoms with Crippen LogP contribution in [0.25, 0.3) is 0 Å². The summed E-state index contributed by atoms with van der Waals surface area (Å²) in [6.45, 7) is 2.69. The van der Waals surface area contributed by atoms with E-state index in [0.717, 1.165) is 25.9 Å². The van der Waals surface area contributed by atoms with Gasteiger partial charge in [-0.1, -0.05) is 0 Å². The standard InChI is InChI=1S/C11H19N3O2/c15-10(8-14-6-2-4-11(14)16)13-7-9-3-1-5-12-9/h9,12H,1-8H2,(H,13,15). The number of likely N-dealkylation sites (tertiary alicyclic amines) is 1. The van der Waals surface area contributed by atoms with Crippen LogP contribution >= 0.6 is 0 Å². The predicted octanol–water partition coefficient (Wildman–Crippen LogP) is -0.523. The van der Waals surface area contributed by atoms with Crippen molar-refractivity contribution in [2.75, 3.05) is 26.2 Å². The monoisotopic (exact) mass is 225 g/mol. The van der Waals surface area contributed by atoms with Crippen molar-refractivity contribution in [2.24, 2.45) is 0 Å². The molecule has 2 fully saturated rings. The minimum atomic E-state index is -0.0380. The normalized spacial score (nSPS) is 25.1. The molecule has 90 valence electrons. The first-order valence-electron chi connectivity index (χ1n) is 6.03. The largest absolute Gasteiger partial charge is 0.353 e. The van der Waals surface area contributed by atoms with Crippen molar-refractivity contribution in [3.63, 3.8) is 0 Å². The Hall–Kier alpha value is -1.10. The molecule has 2 rings (SSSR count). The maximum atomic E-state index is 11.6. The highest BCUT2D eigenvalue weighted by Gasteiger charge is 2.22. The number of carbonyl (C=O) groups is 2. The van der Waals surface area contributed by atoms with Crippen molar-refractivity contribution < 1.29 is 9.59 Å². The molecule has 0 radical (unpaired) electrons. The molecule has 0 saturated carbocycles. The van der Waals surface area contributed by atoms with Gasteiger partial charge in [-0.2, -0.15) is 0 Å². The summed E-state index contributed by atoms with van der Waals surface area (Å²) in [6.07, 6.45) is 3.79. The Bertz CT molecular complexity index is 274. The first-order chi connectivity index (χ1) is 7.75. The fourth-order valence-corrected chi connectivity index (χ4v) is 2.27. The number of carbonyl (C=O) groups excluding carboxylic acids is 2. The number of amides is 2. The molecule has 2 heterocycles. The molecule has 0 aromatic heterocycles. The Labute approximate surface area is 95.6 Å². The third-order valence-corrected chi connectivity index (χ3v) is 3.21. The molecule has 0 bridgehead atoms. The van der Waals surface area contributed by atoms with Gasteiger partial charge in [0.1, 0.15) is 0 Å². The van der Waals surface area contributed by atoms with Crippen molar-refractivity contribution in [2.45, 2.75) is 31.7 Å². The van der Waals surface area contributed by atoms with Gasteiger partial charge in [0.05, 0.1) is 6.54 Å². The molecule has 2 amide bonds. The van der Waals surface area contributed by atoms with Gasteiger partial charge in [0.2, 0.25) is 11.8 Å². The van der Waals surface area contributed by atoms with Crippen molar-refractivity contribution in [1.82, 2.24) is 15.5 Å². The van der Waals surface area contributed by atoms with Crippen molar-refractivity contribution in [3.8, 4) is 0 Å². The second kappa shape index (κ2) is 5.30.